The molecule has 28 heavy (non-hydrogen) atoms. The number of benzene rings is 1. The summed E-state index contributed by atoms with van der Waals surface area (Å²) in [6.07, 6.45) is -3.93. The highest BCUT2D eigenvalue weighted by Crippen LogP contribution is 2.35. The van der Waals surface area contributed by atoms with E-state index in [2.05, 4.69) is 5.10 Å². The van der Waals surface area contributed by atoms with Crippen LogP contribution >= 0.6 is 0 Å². The molecule has 152 valence electrons. The molecule has 0 unspecified atom stereocenters. The predicted molar refractivity (Wildman–Crippen MR) is 100 cm³/mol. The Balaban J connectivity index is 1.85. The van der Waals surface area contributed by atoms with Gasteiger partial charge in [0.05, 0.1) is 6.54 Å². The Morgan fingerprint density at radius 2 is 1.82 bits per heavy atom. The average molecular weight is 394 g/mol. The molecule has 0 aliphatic carbocycles. The van der Waals surface area contributed by atoms with Gasteiger partial charge >= 0.3 is 6.18 Å². The van der Waals surface area contributed by atoms with Crippen molar-refractivity contribution in [1.29, 1.82) is 0 Å². The first-order chi connectivity index (χ1) is 13.2. The number of amides is 1. The summed E-state index contributed by atoms with van der Waals surface area (Å²) in [6.45, 7) is 6.31. The third-order valence-corrected chi connectivity index (χ3v) is 5.18. The van der Waals surface area contributed by atoms with Gasteiger partial charge in [-0.1, -0.05) is 12.1 Å². The molecule has 2 heterocycles. The minimum atomic E-state index is -4.46. The van der Waals surface area contributed by atoms with Gasteiger partial charge in [-0.3, -0.25) is 9.48 Å². The number of halogens is 3. The summed E-state index contributed by atoms with van der Waals surface area (Å²) < 4.78 is 41.7. The highest BCUT2D eigenvalue weighted by molar-refractivity contribution is 5.94. The molecule has 5 nitrogen and oxygen atoms in total. The van der Waals surface area contributed by atoms with E-state index >= 15 is 0 Å². The maximum absolute atomic E-state index is 13.4. The van der Waals surface area contributed by atoms with Crippen molar-refractivity contribution < 1.29 is 18.0 Å². The average Bonchev–Trinajstić information content (AvgIpc) is 3.01. The van der Waals surface area contributed by atoms with Gasteiger partial charge in [0, 0.05) is 49.4 Å². The molecule has 2 aromatic rings. The second kappa shape index (κ2) is 7.95. The van der Waals surface area contributed by atoms with E-state index in [1.165, 1.54) is 4.68 Å². The number of aromatic nitrogens is 2. The zero-order valence-corrected chi connectivity index (χ0v) is 16.4. The molecule has 0 spiro atoms. The van der Waals surface area contributed by atoms with Crippen LogP contribution < -0.4 is 0 Å². The van der Waals surface area contributed by atoms with Crippen LogP contribution in [0, 0.1) is 0 Å². The molecule has 1 amide bonds. The molecule has 0 bridgehead atoms. The lowest BCUT2D eigenvalue weighted by Crippen LogP contribution is -2.30. The molecule has 0 atom stereocenters. The quantitative estimate of drug-likeness (QED) is 0.780. The summed E-state index contributed by atoms with van der Waals surface area (Å²) in [5.41, 5.74) is 1.52. The van der Waals surface area contributed by atoms with E-state index in [0.717, 1.165) is 5.56 Å². The molecule has 0 N–H and O–H groups in total. The highest BCUT2D eigenvalue weighted by Gasteiger charge is 2.40. The first-order valence-electron chi connectivity index (χ1n) is 9.47. The van der Waals surface area contributed by atoms with Gasteiger partial charge < -0.3 is 9.80 Å². The van der Waals surface area contributed by atoms with Gasteiger partial charge in [0.25, 0.3) is 5.91 Å². The number of alkyl halides is 3. The fourth-order valence-electron chi connectivity index (χ4n) is 3.60. The molecule has 3 rings (SSSR count). The third-order valence-electron chi connectivity index (χ3n) is 5.18. The number of hydrogen-bond acceptors (Lipinski definition) is 3. The van der Waals surface area contributed by atoms with E-state index in [-0.39, 0.29) is 24.6 Å². The molecule has 1 aromatic heterocycles. The van der Waals surface area contributed by atoms with Crippen LogP contribution in [-0.2, 0) is 25.7 Å². The maximum atomic E-state index is 13.4. The number of carbonyl (C=O) groups excluding carboxylic acids is 1. The number of carbonyl (C=O) groups is 1. The van der Waals surface area contributed by atoms with Gasteiger partial charge in [0.15, 0.2) is 5.69 Å². The van der Waals surface area contributed by atoms with Crippen molar-refractivity contribution in [3.05, 3.63) is 52.3 Å². The zero-order valence-electron chi connectivity index (χ0n) is 16.4. The smallest absolute Gasteiger partial charge is 0.339 e. The van der Waals surface area contributed by atoms with Crippen molar-refractivity contribution in [3.8, 4) is 0 Å². The lowest BCUT2D eigenvalue weighted by atomic mass is 10.0. The van der Waals surface area contributed by atoms with Crippen LogP contribution in [0.4, 0.5) is 13.2 Å². The Kier molecular flexibility index (Phi) is 5.79. The molecule has 0 radical (unpaired) electrons. The topological polar surface area (TPSA) is 41.4 Å². The van der Waals surface area contributed by atoms with Crippen LogP contribution in [0.25, 0.3) is 0 Å². The van der Waals surface area contributed by atoms with Crippen molar-refractivity contribution in [2.24, 2.45) is 0 Å². The molecular formula is C20H25F3N4O. The van der Waals surface area contributed by atoms with E-state index in [4.69, 9.17) is 0 Å². The van der Waals surface area contributed by atoms with Gasteiger partial charge in [0.1, 0.15) is 0 Å². The van der Waals surface area contributed by atoms with Gasteiger partial charge in [-0.15, -0.1) is 0 Å². The highest BCUT2D eigenvalue weighted by atomic mass is 19.4. The van der Waals surface area contributed by atoms with Crippen molar-refractivity contribution >= 4 is 5.91 Å². The normalized spacial score (nSPS) is 14.8. The summed E-state index contributed by atoms with van der Waals surface area (Å²) in [5.74, 6) is -0.0459. The molecule has 1 aliphatic heterocycles. The summed E-state index contributed by atoms with van der Waals surface area (Å²) >= 11 is 0. The first-order valence-corrected chi connectivity index (χ1v) is 9.47. The lowest BCUT2D eigenvalue weighted by molar-refractivity contribution is -0.142. The zero-order chi connectivity index (χ0) is 20.5. The molecule has 1 aliphatic rings. The van der Waals surface area contributed by atoms with Gasteiger partial charge in [-0.25, -0.2) is 0 Å². The number of nitrogens with zero attached hydrogens (tertiary/aromatic N) is 4. The fourth-order valence-corrected chi connectivity index (χ4v) is 3.60. The second-order valence-corrected chi connectivity index (χ2v) is 7.09. The Labute approximate surface area is 162 Å². The Morgan fingerprint density at radius 3 is 2.39 bits per heavy atom. The fraction of sp³-hybridized carbons (Fsp3) is 0.500. The van der Waals surface area contributed by atoms with Gasteiger partial charge in [0.2, 0.25) is 0 Å². The molecule has 8 heteroatoms. The van der Waals surface area contributed by atoms with E-state index in [0.29, 0.717) is 37.3 Å². The van der Waals surface area contributed by atoms with Crippen molar-refractivity contribution in [3.63, 3.8) is 0 Å². The standard InChI is InChI=1S/C20H25F3N4O/c1-4-26(5-2)19(28)15-8-6-14(7-9-15)12-27-17-10-11-25(3)13-16(17)18(24-27)20(21,22)23/h6-9H,4-5,10-13H2,1-3H3. The number of rotatable bonds is 5. The van der Waals surface area contributed by atoms with Crippen LogP contribution in [0.2, 0.25) is 0 Å². The van der Waals surface area contributed by atoms with Crippen molar-refractivity contribution in [2.45, 2.75) is 39.5 Å². The van der Waals surface area contributed by atoms with Crippen LogP contribution in [0.5, 0.6) is 0 Å². The van der Waals surface area contributed by atoms with Gasteiger partial charge in [-0.05, 0) is 38.6 Å². The molecule has 1 aromatic carbocycles. The molecular weight excluding hydrogens is 369 g/mol. The van der Waals surface area contributed by atoms with Crippen molar-refractivity contribution in [2.75, 3.05) is 26.7 Å². The SMILES string of the molecule is CCN(CC)C(=O)c1ccc(Cn2nc(C(F)(F)F)c3c2CCN(C)C3)cc1. The van der Waals surface area contributed by atoms with Crippen molar-refractivity contribution in [1.82, 2.24) is 19.6 Å². The summed E-state index contributed by atoms with van der Waals surface area (Å²) in [6, 6.07) is 7.02. The number of hydrogen-bond donors (Lipinski definition) is 0. The number of likely N-dealkylation sites (N-methyl/N-ethyl adjacent to an activating group) is 1. The minimum absolute atomic E-state index is 0.0459. The Morgan fingerprint density at radius 1 is 1.18 bits per heavy atom. The van der Waals surface area contributed by atoms with Crippen LogP contribution in [0.15, 0.2) is 24.3 Å². The van der Waals surface area contributed by atoms with Gasteiger partial charge in [-0.2, -0.15) is 18.3 Å². The predicted octanol–water partition coefficient (Wildman–Crippen LogP) is 3.42. The largest absolute Gasteiger partial charge is 0.435 e. The van der Waals surface area contributed by atoms with E-state index in [1.807, 2.05) is 25.8 Å². The van der Waals surface area contributed by atoms with Crippen LogP contribution in [0.3, 0.4) is 0 Å². The lowest BCUT2D eigenvalue weighted by Gasteiger charge is -2.24. The Hall–Kier alpha value is -2.35. The summed E-state index contributed by atoms with van der Waals surface area (Å²) in [5, 5.41) is 3.89. The second-order valence-electron chi connectivity index (χ2n) is 7.09. The molecule has 0 saturated heterocycles. The molecule has 0 fully saturated rings. The minimum Gasteiger partial charge on any atom is -0.339 e. The maximum Gasteiger partial charge on any atom is 0.435 e. The Bertz CT molecular complexity index is 838. The number of fused-ring (bicyclic) bond motifs is 1. The monoisotopic (exact) mass is 394 g/mol. The van der Waals surface area contributed by atoms with E-state index in [9.17, 15) is 18.0 Å². The van der Waals surface area contributed by atoms with Crippen LogP contribution in [0.1, 0.15) is 46.7 Å². The van der Waals surface area contributed by atoms with Crippen LogP contribution in [-0.4, -0.2) is 52.2 Å². The third kappa shape index (κ3) is 4.06. The van der Waals surface area contributed by atoms with E-state index in [1.54, 1.807) is 29.2 Å². The van der Waals surface area contributed by atoms with E-state index < -0.39 is 11.9 Å². The summed E-state index contributed by atoms with van der Waals surface area (Å²) in [4.78, 5) is 16.0. The first kappa shape index (κ1) is 20.4. The summed E-state index contributed by atoms with van der Waals surface area (Å²) in [7, 11) is 1.81. The molecule has 0 saturated carbocycles.